The molecule has 3 aromatic rings. The minimum atomic E-state index is -0.260. The van der Waals surface area contributed by atoms with Gasteiger partial charge >= 0.3 is 0 Å². The Hall–Kier alpha value is -3.26. The van der Waals surface area contributed by atoms with E-state index in [1.54, 1.807) is 10.9 Å². The van der Waals surface area contributed by atoms with Crippen LogP contribution in [0.4, 0.5) is 0 Å². The van der Waals surface area contributed by atoms with Gasteiger partial charge in [-0.25, -0.2) is 4.98 Å². The maximum Gasteiger partial charge on any atom is 0.253 e. The Morgan fingerprint density at radius 2 is 1.94 bits per heavy atom. The Labute approximate surface area is 193 Å². The monoisotopic (exact) mass is 448 g/mol. The second-order valence-corrected chi connectivity index (χ2v) is 10.3. The quantitative estimate of drug-likeness (QED) is 0.569. The van der Waals surface area contributed by atoms with Crippen LogP contribution < -0.4 is 16.2 Å². The molecule has 0 aliphatic carbocycles. The van der Waals surface area contributed by atoms with Gasteiger partial charge in [0.25, 0.3) is 11.5 Å². The molecule has 3 N–H and O–H groups in total. The number of rotatable bonds is 4. The number of H-pyrrole nitrogens is 1. The molecule has 3 aromatic heterocycles. The molecule has 0 atom stereocenters. The van der Waals surface area contributed by atoms with Crippen LogP contribution in [-0.4, -0.2) is 36.7 Å². The Morgan fingerprint density at radius 3 is 2.61 bits per heavy atom. The highest BCUT2D eigenvalue weighted by molar-refractivity contribution is 6.06. The molecule has 0 radical (unpaired) electrons. The zero-order valence-corrected chi connectivity index (χ0v) is 20.4. The molecule has 1 aliphatic rings. The van der Waals surface area contributed by atoms with Crippen molar-refractivity contribution in [1.82, 2.24) is 30.4 Å². The first kappa shape index (κ1) is 22.9. The van der Waals surface area contributed by atoms with Crippen LogP contribution in [0.25, 0.3) is 16.6 Å². The van der Waals surface area contributed by atoms with E-state index in [0.717, 1.165) is 28.9 Å². The number of pyridine rings is 2. The van der Waals surface area contributed by atoms with Crippen molar-refractivity contribution in [2.24, 2.45) is 7.05 Å². The number of nitrogens with zero attached hydrogens (tertiary/aromatic N) is 3. The molecule has 0 saturated heterocycles. The van der Waals surface area contributed by atoms with Gasteiger partial charge in [0.2, 0.25) is 0 Å². The van der Waals surface area contributed by atoms with Gasteiger partial charge in [-0.2, -0.15) is 5.10 Å². The molecule has 0 bridgehead atoms. The van der Waals surface area contributed by atoms with E-state index < -0.39 is 0 Å². The Bertz CT molecular complexity index is 1340. The first-order valence-corrected chi connectivity index (χ1v) is 11.2. The summed E-state index contributed by atoms with van der Waals surface area (Å²) < 4.78 is 1.68. The highest BCUT2D eigenvalue weighted by atomic mass is 16.1. The molecular weight excluding hydrogens is 416 g/mol. The lowest BCUT2D eigenvalue weighted by molar-refractivity contribution is 0.0952. The predicted molar refractivity (Wildman–Crippen MR) is 130 cm³/mol. The number of aromatic nitrogens is 4. The van der Waals surface area contributed by atoms with Crippen molar-refractivity contribution >= 4 is 22.5 Å². The molecule has 4 rings (SSSR count). The topological polar surface area (TPSA) is 105 Å². The highest BCUT2D eigenvalue weighted by Crippen LogP contribution is 2.34. The van der Waals surface area contributed by atoms with Crippen molar-refractivity contribution in [2.45, 2.75) is 65.6 Å². The SMILES string of the molecule is Cc1cc(C)c(CNC(=O)c2cc(C3=CC(C)(C)NC(C)(C)C3)nc3c2cnn3C)c(=O)[nH]1. The molecule has 33 heavy (non-hydrogen) atoms. The van der Waals surface area contributed by atoms with Crippen LogP contribution in [0.15, 0.2) is 29.2 Å². The van der Waals surface area contributed by atoms with Crippen molar-refractivity contribution in [2.75, 3.05) is 0 Å². The third kappa shape index (κ3) is 4.61. The van der Waals surface area contributed by atoms with Crippen molar-refractivity contribution in [1.29, 1.82) is 0 Å². The Kier molecular flexibility index (Phi) is 5.52. The number of aryl methyl sites for hydroxylation is 3. The minimum Gasteiger partial charge on any atom is -0.348 e. The summed E-state index contributed by atoms with van der Waals surface area (Å²) in [7, 11) is 1.82. The van der Waals surface area contributed by atoms with Crippen LogP contribution in [0.5, 0.6) is 0 Å². The van der Waals surface area contributed by atoms with Crippen LogP contribution >= 0.6 is 0 Å². The largest absolute Gasteiger partial charge is 0.348 e. The Balaban J connectivity index is 1.73. The van der Waals surface area contributed by atoms with Crippen LogP contribution in [0.3, 0.4) is 0 Å². The number of fused-ring (bicyclic) bond motifs is 1. The van der Waals surface area contributed by atoms with Gasteiger partial charge in [0.1, 0.15) is 0 Å². The molecule has 8 nitrogen and oxygen atoms in total. The van der Waals surface area contributed by atoms with E-state index in [9.17, 15) is 9.59 Å². The van der Waals surface area contributed by atoms with Crippen LogP contribution in [0.1, 0.15) is 67.0 Å². The summed E-state index contributed by atoms with van der Waals surface area (Å²) in [6.45, 7) is 12.5. The van der Waals surface area contributed by atoms with E-state index in [1.165, 1.54) is 0 Å². The molecule has 0 unspecified atom stereocenters. The summed E-state index contributed by atoms with van der Waals surface area (Å²) in [5.41, 5.74) is 4.71. The molecular formula is C25H32N6O2. The molecule has 8 heteroatoms. The Morgan fingerprint density at radius 1 is 1.21 bits per heavy atom. The van der Waals surface area contributed by atoms with E-state index in [1.807, 2.05) is 33.0 Å². The number of nitrogens with one attached hydrogen (secondary N) is 3. The second kappa shape index (κ2) is 7.95. The van der Waals surface area contributed by atoms with Gasteiger partial charge in [-0.15, -0.1) is 0 Å². The van der Waals surface area contributed by atoms with Crippen molar-refractivity contribution in [3.8, 4) is 0 Å². The van der Waals surface area contributed by atoms with Gasteiger partial charge in [0.05, 0.1) is 22.8 Å². The third-order valence-electron chi connectivity index (χ3n) is 6.03. The molecule has 0 saturated carbocycles. The number of carbonyl (C=O) groups excluding carboxylic acids is 1. The molecule has 1 aliphatic heterocycles. The highest BCUT2D eigenvalue weighted by Gasteiger charge is 2.33. The summed E-state index contributed by atoms with van der Waals surface area (Å²) in [5.74, 6) is -0.260. The summed E-state index contributed by atoms with van der Waals surface area (Å²) in [5, 5.41) is 11.6. The lowest BCUT2D eigenvalue weighted by Crippen LogP contribution is -2.53. The van der Waals surface area contributed by atoms with Gasteiger partial charge in [0, 0.05) is 35.9 Å². The molecule has 0 aromatic carbocycles. The van der Waals surface area contributed by atoms with Gasteiger partial charge < -0.3 is 15.6 Å². The van der Waals surface area contributed by atoms with E-state index in [0.29, 0.717) is 22.2 Å². The fourth-order valence-electron chi connectivity index (χ4n) is 4.91. The summed E-state index contributed by atoms with van der Waals surface area (Å²) in [4.78, 5) is 33.3. The van der Waals surface area contributed by atoms with Crippen LogP contribution in [0, 0.1) is 13.8 Å². The summed E-state index contributed by atoms with van der Waals surface area (Å²) in [6, 6.07) is 3.74. The summed E-state index contributed by atoms with van der Waals surface area (Å²) >= 11 is 0. The molecule has 174 valence electrons. The van der Waals surface area contributed by atoms with E-state index in [4.69, 9.17) is 4.98 Å². The molecule has 1 amide bonds. The third-order valence-corrected chi connectivity index (χ3v) is 6.03. The molecule has 0 fully saturated rings. The van der Waals surface area contributed by atoms with Gasteiger partial charge in [-0.1, -0.05) is 6.08 Å². The van der Waals surface area contributed by atoms with Crippen molar-refractivity contribution in [3.63, 3.8) is 0 Å². The van der Waals surface area contributed by atoms with Gasteiger partial charge in [-0.3, -0.25) is 14.3 Å². The number of aromatic amines is 1. The summed E-state index contributed by atoms with van der Waals surface area (Å²) in [6.07, 6.45) is 4.63. The number of carbonyl (C=O) groups is 1. The second-order valence-electron chi connectivity index (χ2n) is 10.3. The van der Waals surface area contributed by atoms with Gasteiger partial charge in [0.15, 0.2) is 5.65 Å². The number of amides is 1. The zero-order chi connectivity index (χ0) is 24.1. The predicted octanol–water partition coefficient (Wildman–Crippen LogP) is 3.14. The van der Waals surface area contributed by atoms with E-state index in [2.05, 4.69) is 54.5 Å². The average molecular weight is 449 g/mol. The first-order valence-electron chi connectivity index (χ1n) is 11.2. The smallest absolute Gasteiger partial charge is 0.253 e. The lowest BCUT2D eigenvalue weighted by Gasteiger charge is -2.41. The normalized spacial score (nSPS) is 17.1. The van der Waals surface area contributed by atoms with Crippen molar-refractivity contribution < 1.29 is 4.79 Å². The van der Waals surface area contributed by atoms with Gasteiger partial charge in [-0.05, 0) is 71.2 Å². The standard InChI is InChI=1S/C25H32N6O2/c1-14-8-15(2)28-23(33)18(14)12-26-22(32)17-9-20(29-21-19(17)13-27-31(21)7)16-10-24(3,4)30-25(5,6)11-16/h8-10,13,30H,11-12H2,1-7H3,(H,26,32)(H,28,33). The molecule has 0 spiro atoms. The zero-order valence-electron chi connectivity index (χ0n) is 20.4. The lowest BCUT2D eigenvalue weighted by atomic mass is 9.82. The maximum absolute atomic E-state index is 13.3. The fourth-order valence-corrected chi connectivity index (χ4v) is 4.91. The minimum absolute atomic E-state index is 0.108. The fraction of sp³-hybridized carbons (Fsp3) is 0.440. The maximum atomic E-state index is 13.3. The average Bonchev–Trinajstić information content (AvgIpc) is 3.05. The van der Waals surface area contributed by atoms with E-state index >= 15 is 0 Å². The van der Waals surface area contributed by atoms with Crippen LogP contribution in [-0.2, 0) is 13.6 Å². The van der Waals surface area contributed by atoms with Crippen LogP contribution in [0.2, 0.25) is 0 Å². The number of hydrogen-bond donors (Lipinski definition) is 3. The molecule has 4 heterocycles. The number of hydrogen-bond acceptors (Lipinski definition) is 5. The first-order chi connectivity index (χ1) is 15.3. The van der Waals surface area contributed by atoms with Crippen molar-refractivity contribution in [3.05, 3.63) is 62.8 Å². The van der Waals surface area contributed by atoms with E-state index in [-0.39, 0.29) is 29.1 Å².